The molecule has 3 rings (SSSR count). The van der Waals surface area contributed by atoms with E-state index >= 15 is 0 Å². The first-order chi connectivity index (χ1) is 17.8. The molecule has 1 aliphatic heterocycles. The van der Waals surface area contributed by atoms with Crippen molar-refractivity contribution >= 4 is 17.7 Å². The number of nitrogens with zero attached hydrogens (tertiary/aromatic N) is 1. The highest BCUT2D eigenvalue weighted by molar-refractivity contribution is 5.97. The number of hydrogen-bond acceptors (Lipinski definition) is 6. The highest BCUT2D eigenvalue weighted by Crippen LogP contribution is 2.37. The molecule has 2 aromatic rings. The molecule has 0 aliphatic carbocycles. The van der Waals surface area contributed by atoms with Crippen molar-refractivity contribution in [3.63, 3.8) is 0 Å². The quantitative estimate of drug-likeness (QED) is 0.338. The van der Waals surface area contributed by atoms with Crippen molar-refractivity contribution in [1.29, 1.82) is 0 Å². The van der Waals surface area contributed by atoms with E-state index in [0.29, 0.717) is 12.1 Å². The second-order valence-electron chi connectivity index (χ2n) is 11.0. The number of carbonyl (C=O) groups is 3. The molecule has 0 aromatic heterocycles. The van der Waals surface area contributed by atoms with Crippen LogP contribution >= 0.6 is 0 Å². The minimum atomic E-state index is -1.70. The van der Waals surface area contributed by atoms with Crippen LogP contribution in [-0.2, 0) is 16.0 Å². The van der Waals surface area contributed by atoms with Gasteiger partial charge in [0.1, 0.15) is 11.8 Å². The number of aliphatic hydroxyl groups is 2. The Morgan fingerprint density at radius 2 is 1.74 bits per heavy atom. The molecule has 1 fully saturated rings. The number of β-amino-alcohol motifs (C(OH)–C–C–N with tert-alkyl or cyclic N) is 1. The third-order valence-corrected chi connectivity index (χ3v) is 7.26. The number of aliphatic hydroxyl groups excluding tert-OH is 2. The van der Waals surface area contributed by atoms with Crippen LogP contribution in [0.2, 0.25) is 0 Å². The fourth-order valence-corrected chi connectivity index (χ4v) is 4.78. The standard InChI is InChI=1S/C29H39N3O6/c1-17(2)15-30-27(37)25-29(4,5)23(34)16-32(25)28(38)24(35)21(14-19-10-7-6-8-11-19)31-26(36)20-12-9-13-22(33)18(20)3/h6-13,17,21,23-25,33-35H,14-16H2,1-5H3,(H,30,37)(H,31,36)/t21-,23?,24-,25+/m0/s1. The molecule has 1 heterocycles. The number of aromatic hydroxyl groups is 1. The largest absolute Gasteiger partial charge is 0.508 e. The number of nitrogens with one attached hydrogen (secondary N) is 2. The molecular weight excluding hydrogens is 486 g/mol. The molecule has 1 saturated heterocycles. The summed E-state index contributed by atoms with van der Waals surface area (Å²) in [4.78, 5) is 41.2. The lowest BCUT2D eigenvalue weighted by molar-refractivity contribution is -0.148. The average molecular weight is 526 g/mol. The zero-order valence-electron chi connectivity index (χ0n) is 22.6. The van der Waals surface area contributed by atoms with Crippen LogP contribution in [0.3, 0.4) is 0 Å². The highest BCUT2D eigenvalue weighted by atomic mass is 16.3. The number of likely N-dealkylation sites (tertiary alicyclic amines) is 1. The molecule has 0 radical (unpaired) electrons. The minimum Gasteiger partial charge on any atom is -0.508 e. The fraction of sp³-hybridized carbons (Fsp3) is 0.483. The Hall–Kier alpha value is -3.43. The van der Waals surface area contributed by atoms with Crippen molar-refractivity contribution in [1.82, 2.24) is 15.5 Å². The summed E-state index contributed by atoms with van der Waals surface area (Å²) in [5.74, 6) is -1.57. The van der Waals surface area contributed by atoms with Crippen LogP contribution in [0.1, 0.15) is 49.2 Å². The topological polar surface area (TPSA) is 139 Å². The molecule has 4 atom stereocenters. The van der Waals surface area contributed by atoms with Gasteiger partial charge in [0.15, 0.2) is 6.10 Å². The van der Waals surface area contributed by atoms with Crippen LogP contribution < -0.4 is 10.6 Å². The Morgan fingerprint density at radius 3 is 2.37 bits per heavy atom. The van der Waals surface area contributed by atoms with Crippen molar-refractivity contribution in [3.05, 3.63) is 65.2 Å². The summed E-state index contributed by atoms with van der Waals surface area (Å²) in [5, 5.41) is 37.7. The first kappa shape index (κ1) is 29.1. The summed E-state index contributed by atoms with van der Waals surface area (Å²) in [6.45, 7) is 9.21. The smallest absolute Gasteiger partial charge is 0.254 e. The van der Waals surface area contributed by atoms with E-state index in [4.69, 9.17) is 0 Å². The van der Waals surface area contributed by atoms with Gasteiger partial charge in [0.05, 0.1) is 12.1 Å². The SMILES string of the molecule is Cc1c(O)cccc1C(=O)N[C@@H](Cc1ccccc1)[C@H](O)C(=O)N1CC(O)C(C)(C)[C@H]1C(=O)NCC(C)C. The van der Waals surface area contributed by atoms with Crippen LogP contribution in [0.5, 0.6) is 5.75 Å². The maximum Gasteiger partial charge on any atom is 0.254 e. The predicted molar refractivity (Wildman–Crippen MR) is 143 cm³/mol. The number of amides is 3. The Balaban J connectivity index is 1.90. The molecule has 0 spiro atoms. The summed E-state index contributed by atoms with van der Waals surface area (Å²) in [6, 6.07) is 11.6. The fourth-order valence-electron chi connectivity index (χ4n) is 4.78. The number of phenolic OH excluding ortho intramolecular Hbond substituents is 1. The Kier molecular flexibility index (Phi) is 9.17. The summed E-state index contributed by atoms with van der Waals surface area (Å²) in [5.41, 5.74) is 0.417. The van der Waals surface area contributed by atoms with Crippen LogP contribution in [0.15, 0.2) is 48.5 Å². The zero-order chi connectivity index (χ0) is 28.2. The van der Waals surface area contributed by atoms with E-state index < -0.39 is 47.4 Å². The van der Waals surface area contributed by atoms with Gasteiger partial charge in [-0.25, -0.2) is 0 Å². The van der Waals surface area contributed by atoms with Gasteiger partial charge in [0, 0.05) is 29.6 Å². The lowest BCUT2D eigenvalue weighted by Crippen LogP contribution is -2.58. The third kappa shape index (κ3) is 6.34. The third-order valence-electron chi connectivity index (χ3n) is 7.26. The van der Waals surface area contributed by atoms with E-state index in [0.717, 1.165) is 5.56 Å². The van der Waals surface area contributed by atoms with E-state index in [1.165, 1.54) is 11.0 Å². The van der Waals surface area contributed by atoms with Gasteiger partial charge >= 0.3 is 0 Å². The summed E-state index contributed by atoms with van der Waals surface area (Å²) in [6.07, 6.45) is -2.54. The van der Waals surface area contributed by atoms with Gasteiger partial charge in [-0.05, 0) is 37.0 Å². The van der Waals surface area contributed by atoms with Crippen LogP contribution in [0.25, 0.3) is 0 Å². The molecule has 3 amide bonds. The van der Waals surface area contributed by atoms with Gasteiger partial charge in [-0.2, -0.15) is 0 Å². The molecule has 1 unspecified atom stereocenters. The van der Waals surface area contributed by atoms with Crippen molar-refractivity contribution in [3.8, 4) is 5.75 Å². The second kappa shape index (κ2) is 12.0. The normalized spacial score (nSPS) is 20.2. The van der Waals surface area contributed by atoms with Crippen LogP contribution in [0, 0.1) is 18.3 Å². The monoisotopic (exact) mass is 525 g/mol. The molecular formula is C29H39N3O6. The second-order valence-corrected chi connectivity index (χ2v) is 11.0. The van der Waals surface area contributed by atoms with Gasteiger partial charge in [-0.15, -0.1) is 0 Å². The number of rotatable bonds is 9. The number of benzene rings is 2. The number of phenols is 1. The molecule has 5 N–H and O–H groups in total. The van der Waals surface area contributed by atoms with Crippen molar-refractivity contribution in [2.45, 2.75) is 65.3 Å². The van der Waals surface area contributed by atoms with Crippen molar-refractivity contribution in [2.24, 2.45) is 11.3 Å². The van der Waals surface area contributed by atoms with Gasteiger partial charge < -0.3 is 30.9 Å². The predicted octanol–water partition coefficient (Wildman–Crippen LogP) is 1.77. The maximum atomic E-state index is 13.7. The number of hydrogen-bond donors (Lipinski definition) is 5. The van der Waals surface area contributed by atoms with Crippen LogP contribution in [0.4, 0.5) is 0 Å². The molecule has 0 bridgehead atoms. The molecule has 1 aliphatic rings. The first-order valence-corrected chi connectivity index (χ1v) is 12.9. The van der Waals surface area contributed by atoms with Gasteiger partial charge in [-0.3, -0.25) is 14.4 Å². The van der Waals surface area contributed by atoms with E-state index in [1.54, 1.807) is 32.9 Å². The summed E-state index contributed by atoms with van der Waals surface area (Å²) in [7, 11) is 0. The van der Waals surface area contributed by atoms with Gasteiger partial charge in [-0.1, -0.05) is 64.1 Å². The van der Waals surface area contributed by atoms with Gasteiger partial charge in [0.2, 0.25) is 5.91 Å². The maximum absolute atomic E-state index is 13.7. The molecule has 206 valence electrons. The minimum absolute atomic E-state index is 0.0441. The van der Waals surface area contributed by atoms with E-state index in [9.17, 15) is 29.7 Å². The van der Waals surface area contributed by atoms with Crippen LogP contribution in [-0.4, -0.2) is 75.3 Å². The number of carbonyl (C=O) groups excluding carboxylic acids is 3. The first-order valence-electron chi connectivity index (χ1n) is 12.9. The Morgan fingerprint density at radius 1 is 1.08 bits per heavy atom. The molecule has 9 heteroatoms. The van der Waals surface area contributed by atoms with Crippen molar-refractivity contribution < 1.29 is 29.7 Å². The Labute approximate surface area is 223 Å². The Bertz CT molecular complexity index is 1150. The summed E-state index contributed by atoms with van der Waals surface area (Å²) < 4.78 is 0. The molecule has 0 saturated carbocycles. The molecule has 2 aromatic carbocycles. The van der Waals surface area contributed by atoms with Gasteiger partial charge in [0.25, 0.3) is 11.8 Å². The van der Waals surface area contributed by atoms with E-state index in [2.05, 4.69) is 10.6 Å². The zero-order valence-corrected chi connectivity index (χ0v) is 22.6. The average Bonchev–Trinajstić information content (AvgIpc) is 3.11. The highest BCUT2D eigenvalue weighted by Gasteiger charge is 2.54. The van der Waals surface area contributed by atoms with E-state index in [-0.39, 0.29) is 30.2 Å². The molecule has 38 heavy (non-hydrogen) atoms. The lowest BCUT2D eigenvalue weighted by atomic mass is 9.82. The summed E-state index contributed by atoms with van der Waals surface area (Å²) >= 11 is 0. The lowest BCUT2D eigenvalue weighted by Gasteiger charge is -2.34. The van der Waals surface area contributed by atoms with Crippen molar-refractivity contribution in [2.75, 3.05) is 13.1 Å². The van der Waals surface area contributed by atoms with E-state index in [1.807, 2.05) is 44.2 Å². The molecule has 9 nitrogen and oxygen atoms in total.